The number of nitro groups is 1. The van der Waals surface area contributed by atoms with Gasteiger partial charge in [-0.2, -0.15) is 0 Å². The van der Waals surface area contributed by atoms with E-state index in [1.54, 1.807) is 6.07 Å². The predicted molar refractivity (Wildman–Crippen MR) is 90.8 cm³/mol. The molecule has 0 fully saturated rings. The molecule has 2 rings (SSSR count). The first-order chi connectivity index (χ1) is 11.7. The van der Waals surface area contributed by atoms with Gasteiger partial charge in [-0.15, -0.1) is 0 Å². The highest BCUT2D eigenvalue weighted by Gasteiger charge is 2.17. The molecule has 0 aliphatic rings. The normalized spacial score (nSPS) is 11.4. The SMILES string of the molecule is COc1ccc(C(=O)/C=C/c2ccccc2[N+](=O)[O-])cc1S(N)(=O)=O. The first-order valence-electron chi connectivity index (χ1n) is 6.90. The summed E-state index contributed by atoms with van der Waals surface area (Å²) in [5.41, 5.74) is 0.159. The number of ketones is 1. The quantitative estimate of drug-likeness (QED) is 0.363. The summed E-state index contributed by atoms with van der Waals surface area (Å²) < 4.78 is 28.1. The van der Waals surface area contributed by atoms with Crippen molar-refractivity contribution in [3.05, 3.63) is 69.8 Å². The van der Waals surface area contributed by atoms with E-state index in [2.05, 4.69) is 0 Å². The van der Waals surface area contributed by atoms with Crippen molar-refractivity contribution in [2.45, 2.75) is 4.90 Å². The van der Waals surface area contributed by atoms with Crippen LogP contribution in [0.25, 0.3) is 6.08 Å². The number of nitrogens with two attached hydrogens (primary N) is 1. The lowest BCUT2D eigenvalue weighted by Gasteiger charge is -2.07. The summed E-state index contributed by atoms with van der Waals surface area (Å²) >= 11 is 0. The van der Waals surface area contributed by atoms with E-state index in [1.807, 2.05) is 0 Å². The minimum absolute atomic E-state index is 0.0155. The summed E-state index contributed by atoms with van der Waals surface area (Å²) in [6, 6.07) is 9.71. The Kier molecular flexibility index (Phi) is 5.30. The Morgan fingerprint density at radius 1 is 1.24 bits per heavy atom. The van der Waals surface area contributed by atoms with Gasteiger partial charge in [-0.1, -0.05) is 12.1 Å². The molecule has 2 aromatic carbocycles. The third kappa shape index (κ3) is 4.28. The van der Waals surface area contributed by atoms with Gasteiger partial charge in [-0.05, 0) is 36.4 Å². The molecule has 0 spiro atoms. The lowest BCUT2D eigenvalue weighted by atomic mass is 10.1. The number of hydrogen-bond donors (Lipinski definition) is 1. The maximum Gasteiger partial charge on any atom is 0.276 e. The van der Waals surface area contributed by atoms with Crippen LogP contribution in [0.4, 0.5) is 5.69 Å². The van der Waals surface area contributed by atoms with Crippen molar-refractivity contribution in [2.24, 2.45) is 5.14 Å². The number of allylic oxidation sites excluding steroid dienone is 1. The molecule has 8 nitrogen and oxygen atoms in total. The Morgan fingerprint density at radius 3 is 2.52 bits per heavy atom. The zero-order chi connectivity index (χ0) is 18.6. The van der Waals surface area contributed by atoms with Crippen molar-refractivity contribution >= 4 is 27.6 Å². The predicted octanol–water partition coefficient (Wildman–Crippen LogP) is 2.15. The fourth-order valence-corrected chi connectivity index (χ4v) is 2.83. The summed E-state index contributed by atoms with van der Waals surface area (Å²) in [4.78, 5) is 22.3. The van der Waals surface area contributed by atoms with Gasteiger partial charge in [0.25, 0.3) is 5.69 Å². The van der Waals surface area contributed by atoms with Crippen LogP contribution in [0, 0.1) is 10.1 Å². The largest absolute Gasteiger partial charge is 0.495 e. The summed E-state index contributed by atoms with van der Waals surface area (Å²) in [5, 5.41) is 16.1. The van der Waals surface area contributed by atoms with Crippen molar-refractivity contribution in [3.8, 4) is 5.75 Å². The van der Waals surface area contributed by atoms with Crippen LogP contribution in [0.15, 0.2) is 53.4 Å². The molecular weight excluding hydrogens is 348 g/mol. The molecule has 2 aromatic rings. The van der Waals surface area contributed by atoms with E-state index in [-0.39, 0.29) is 27.5 Å². The molecule has 0 aromatic heterocycles. The van der Waals surface area contributed by atoms with E-state index >= 15 is 0 Å². The number of carbonyl (C=O) groups is 1. The number of primary sulfonamides is 1. The van der Waals surface area contributed by atoms with Crippen molar-refractivity contribution in [2.75, 3.05) is 7.11 Å². The zero-order valence-electron chi connectivity index (χ0n) is 13.1. The topological polar surface area (TPSA) is 130 Å². The van der Waals surface area contributed by atoms with E-state index in [0.29, 0.717) is 0 Å². The summed E-state index contributed by atoms with van der Waals surface area (Å²) in [6.07, 6.45) is 2.42. The average molecular weight is 362 g/mol. The molecule has 0 radical (unpaired) electrons. The van der Waals surface area contributed by atoms with Crippen LogP contribution in [-0.4, -0.2) is 26.2 Å². The fraction of sp³-hybridized carbons (Fsp3) is 0.0625. The second-order valence-electron chi connectivity index (χ2n) is 4.92. The van der Waals surface area contributed by atoms with Crippen LogP contribution >= 0.6 is 0 Å². The van der Waals surface area contributed by atoms with E-state index in [9.17, 15) is 23.3 Å². The number of methoxy groups -OCH3 is 1. The molecular formula is C16H14N2O6S. The molecule has 0 atom stereocenters. The number of nitrogens with zero attached hydrogens (tertiary/aromatic N) is 1. The molecule has 0 bridgehead atoms. The molecule has 9 heteroatoms. The van der Waals surface area contributed by atoms with Gasteiger partial charge < -0.3 is 4.74 Å². The van der Waals surface area contributed by atoms with E-state index < -0.39 is 20.7 Å². The molecule has 0 aliphatic heterocycles. The second-order valence-corrected chi connectivity index (χ2v) is 6.45. The molecule has 0 aliphatic carbocycles. The highest BCUT2D eigenvalue weighted by Crippen LogP contribution is 2.24. The number of ether oxygens (including phenoxy) is 1. The van der Waals surface area contributed by atoms with Crippen LogP contribution in [-0.2, 0) is 10.0 Å². The van der Waals surface area contributed by atoms with Gasteiger partial charge in [-0.3, -0.25) is 14.9 Å². The van der Waals surface area contributed by atoms with Crippen LogP contribution in [0.3, 0.4) is 0 Å². The van der Waals surface area contributed by atoms with Gasteiger partial charge >= 0.3 is 0 Å². The average Bonchev–Trinajstić information content (AvgIpc) is 2.58. The number of rotatable bonds is 6. The Hall–Kier alpha value is -3.04. The Balaban J connectivity index is 2.38. The first-order valence-corrected chi connectivity index (χ1v) is 8.45. The number of benzene rings is 2. The van der Waals surface area contributed by atoms with Gasteiger partial charge in [0.1, 0.15) is 10.6 Å². The molecule has 0 amide bonds. The number of hydrogen-bond acceptors (Lipinski definition) is 6. The molecule has 130 valence electrons. The second kappa shape index (κ2) is 7.24. The van der Waals surface area contributed by atoms with E-state index in [4.69, 9.17) is 9.88 Å². The maximum atomic E-state index is 12.2. The molecule has 0 heterocycles. The van der Waals surface area contributed by atoms with E-state index in [1.165, 1.54) is 43.5 Å². The number of nitro benzene ring substituents is 1. The van der Waals surface area contributed by atoms with Crippen molar-refractivity contribution in [1.29, 1.82) is 0 Å². The third-order valence-corrected chi connectivity index (χ3v) is 4.23. The monoisotopic (exact) mass is 362 g/mol. The molecule has 2 N–H and O–H groups in total. The van der Waals surface area contributed by atoms with Crippen LogP contribution < -0.4 is 9.88 Å². The standard InChI is InChI=1S/C16H14N2O6S/c1-24-15-9-7-12(10-16(15)25(17,22)23)14(19)8-6-11-4-2-3-5-13(11)18(20)21/h2-10H,1H3,(H2,17,22,23)/b8-6+. The van der Waals surface area contributed by atoms with Gasteiger partial charge in [0.05, 0.1) is 17.6 Å². The minimum atomic E-state index is -4.08. The number of sulfonamides is 1. The van der Waals surface area contributed by atoms with E-state index in [0.717, 1.165) is 12.1 Å². The fourth-order valence-electron chi connectivity index (χ4n) is 2.11. The lowest BCUT2D eigenvalue weighted by molar-refractivity contribution is -0.385. The molecule has 25 heavy (non-hydrogen) atoms. The highest BCUT2D eigenvalue weighted by atomic mass is 32.2. The lowest BCUT2D eigenvalue weighted by Crippen LogP contribution is -2.14. The van der Waals surface area contributed by atoms with Crippen molar-refractivity contribution in [1.82, 2.24) is 0 Å². The Labute approximate surface area is 143 Å². The zero-order valence-corrected chi connectivity index (χ0v) is 13.9. The molecule has 0 unspecified atom stereocenters. The smallest absolute Gasteiger partial charge is 0.276 e. The minimum Gasteiger partial charge on any atom is -0.495 e. The first kappa shape index (κ1) is 18.3. The summed E-state index contributed by atoms with van der Waals surface area (Å²) in [7, 11) is -2.80. The molecule has 0 saturated heterocycles. The summed E-state index contributed by atoms with van der Waals surface area (Å²) in [5.74, 6) is -0.521. The Bertz CT molecular complexity index is 966. The van der Waals surface area contributed by atoms with Crippen molar-refractivity contribution < 1.29 is 22.9 Å². The highest BCUT2D eigenvalue weighted by molar-refractivity contribution is 7.89. The van der Waals surface area contributed by atoms with Crippen LogP contribution in [0.1, 0.15) is 15.9 Å². The van der Waals surface area contributed by atoms with Gasteiger partial charge in [0, 0.05) is 11.6 Å². The maximum absolute atomic E-state index is 12.2. The number of para-hydroxylation sites is 1. The number of carbonyl (C=O) groups excluding carboxylic acids is 1. The van der Waals surface area contributed by atoms with Crippen LogP contribution in [0.5, 0.6) is 5.75 Å². The van der Waals surface area contributed by atoms with Gasteiger partial charge in [-0.25, -0.2) is 13.6 Å². The molecule has 0 saturated carbocycles. The van der Waals surface area contributed by atoms with Crippen LogP contribution in [0.2, 0.25) is 0 Å². The Morgan fingerprint density at radius 2 is 1.92 bits per heavy atom. The summed E-state index contributed by atoms with van der Waals surface area (Å²) in [6.45, 7) is 0. The van der Waals surface area contributed by atoms with Gasteiger partial charge in [0.2, 0.25) is 10.0 Å². The van der Waals surface area contributed by atoms with Gasteiger partial charge in [0.15, 0.2) is 5.78 Å². The third-order valence-electron chi connectivity index (χ3n) is 3.30. The van der Waals surface area contributed by atoms with Crippen molar-refractivity contribution in [3.63, 3.8) is 0 Å².